The third kappa shape index (κ3) is 2.63. The van der Waals surface area contributed by atoms with Gasteiger partial charge in [-0.1, -0.05) is 6.07 Å². The average molecular weight is 320 g/mol. The number of nitrogens with one attached hydrogen (secondary N) is 1. The highest BCUT2D eigenvalue weighted by Gasteiger charge is 2.33. The quantitative estimate of drug-likeness (QED) is 0.920. The van der Waals surface area contributed by atoms with Crippen LogP contribution in [0.3, 0.4) is 0 Å². The Balaban J connectivity index is 1.90. The number of nitrogens with zero attached hydrogens (tertiary/aromatic N) is 1. The minimum Gasteiger partial charge on any atom is -0.351 e. The molecule has 1 aromatic carbocycles. The van der Waals surface area contributed by atoms with E-state index in [1.54, 1.807) is 11.9 Å². The van der Waals surface area contributed by atoms with Crippen molar-refractivity contribution in [1.82, 2.24) is 9.88 Å². The van der Waals surface area contributed by atoms with Gasteiger partial charge >= 0.3 is 0 Å². The molecule has 6 heteroatoms. The molecule has 0 spiro atoms. The first-order chi connectivity index (χ1) is 10.3. The van der Waals surface area contributed by atoms with Crippen LogP contribution in [0.4, 0.5) is 0 Å². The van der Waals surface area contributed by atoms with E-state index in [-0.39, 0.29) is 23.5 Å². The molecule has 1 amide bonds. The Kier molecular flexibility index (Phi) is 3.51. The lowest BCUT2D eigenvalue weighted by Gasteiger charge is -2.22. The van der Waals surface area contributed by atoms with Gasteiger partial charge in [0.25, 0.3) is 5.91 Å². The maximum Gasteiger partial charge on any atom is 0.270 e. The molecule has 1 aliphatic rings. The van der Waals surface area contributed by atoms with Crippen LogP contribution in [0.15, 0.2) is 18.2 Å². The summed E-state index contributed by atoms with van der Waals surface area (Å²) in [6.07, 6.45) is 0.517. The van der Waals surface area contributed by atoms with Crippen LogP contribution >= 0.6 is 0 Å². The second kappa shape index (κ2) is 5.12. The number of sulfone groups is 1. The molecule has 1 N–H and O–H groups in total. The van der Waals surface area contributed by atoms with Gasteiger partial charge in [-0.2, -0.15) is 0 Å². The van der Waals surface area contributed by atoms with Crippen molar-refractivity contribution in [2.24, 2.45) is 0 Å². The molecule has 0 saturated carbocycles. The highest BCUT2D eigenvalue weighted by atomic mass is 32.2. The molecule has 2 aromatic rings. The van der Waals surface area contributed by atoms with Crippen molar-refractivity contribution in [3.05, 3.63) is 35.0 Å². The highest BCUT2D eigenvalue weighted by Crippen LogP contribution is 2.24. The molecule has 1 aromatic heterocycles. The fraction of sp³-hybridized carbons (Fsp3) is 0.438. The summed E-state index contributed by atoms with van der Waals surface area (Å²) in [6.45, 7) is 4.04. The average Bonchev–Trinajstić information content (AvgIpc) is 3.00. The SMILES string of the molecule is Cc1cc(C)c2cc(C(=O)N(C)C3CCS(=O)(=O)C3)[nH]c2c1. The molecule has 0 aliphatic carbocycles. The van der Waals surface area contributed by atoms with E-state index in [0.717, 1.165) is 22.0 Å². The van der Waals surface area contributed by atoms with E-state index in [2.05, 4.69) is 11.1 Å². The highest BCUT2D eigenvalue weighted by molar-refractivity contribution is 7.91. The molecule has 1 atom stereocenters. The normalized spacial score (nSPS) is 20.4. The van der Waals surface area contributed by atoms with E-state index in [1.807, 2.05) is 26.0 Å². The summed E-state index contributed by atoms with van der Waals surface area (Å²) in [5, 5.41) is 1.03. The number of amides is 1. The third-order valence-corrected chi connectivity index (χ3v) is 6.15. The predicted octanol–water partition coefficient (Wildman–Crippen LogP) is 2.04. The molecule has 5 nitrogen and oxygen atoms in total. The maximum atomic E-state index is 12.6. The van der Waals surface area contributed by atoms with Crippen molar-refractivity contribution >= 4 is 26.6 Å². The van der Waals surface area contributed by atoms with E-state index in [0.29, 0.717) is 12.1 Å². The van der Waals surface area contributed by atoms with Gasteiger partial charge in [0.05, 0.1) is 11.5 Å². The number of aromatic amines is 1. The summed E-state index contributed by atoms with van der Waals surface area (Å²) >= 11 is 0. The second-order valence-corrected chi connectivity index (χ2v) is 8.43. The number of aromatic nitrogens is 1. The van der Waals surface area contributed by atoms with E-state index < -0.39 is 9.84 Å². The Bertz CT molecular complexity index is 852. The minimum atomic E-state index is -3.00. The summed E-state index contributed by atoms with van der Waals surface area (Å²) in [5.74, 6) is 0.0730. The van der Waals surface area contributed by atoms with Crippen molar-refractivity contribution < 1.29 is 13.2 Å². The van der Waals surface area contributed by atoms with Gasteiger partial charge in [0.1, 0.15) is 5.69 Å². The molecule has 1 aliphatic heterocycles. The molecule has 0 bridgehead atoms. The number of hydrogen-bond donors (Lipinski definition) is 1. The first-order valence-electron chi connectivity index (χ1n) is 7.34. The van der Waals surface area contributed by atoms with Gasteiger partial charge in [-0.15, -0.1) is 0 Å². The van der Waals surface area contributed by atoms with Gasteiger partial charge in [0.2, 0.25) is 0 Å². The van der Waals surface area contributed by atoms with E-state index in [9.17, 15) is 13.2 Å². The fourth-order valence-corrected chi connectivity index (χ4v) is 4.93. The number of H-pyrrole nitrogens is 1. The number of benzene rings is 1. The fourth-order valence-electron chi connectivity index (χ4n) is 3.15. The molecule has 3 rings (SSSR count). The molecule has 118 valence electrons. The van der Waals surface area contributed by atoms with Crippen LogP contribution in [0.5, 0.6) is 0 Å². The maximum absolute atomic E-state index is 12.6. The van der Waals surface area contributed by atoms with E-state index in [4.69, 9.17) is 0 Å². The Hall–Kier alpha value is -1.82. The van der Waals surface area contributed by atoms with Crippen LogP contribution < -0.4 is 0 Å². The first kappa shape index (κ1) is 15.1. The lowest BCUT2D eigenvalue weighted by atomic mass is 10.1. The molecule has 1 fully saturated rings. The van der Waals surface area contributed by atoms with Gasteiger partial charge in [0, 0.05) is 24.0 Å². The van der Waals surface area contributed by atoms with Crippen molar-refractivity contribution in [2.45, 2.75) is 26.3 Å². The van der Waals surface area contributed by atoms with Crippen LogP contribution in [-0.4, -0.2) is 48.8 Å². The monoisotopic (exact) mass is 320 g/mol. The van der Waals surface area contributed by atoms with Crippen molar-refractivity contribution in [3.63, 3.8) is 0 Å². The molecular weight excluding hydrogens is 300 g/mol. The van der Waals surface area contributed by atoms with Gasteiger partial charge in [0.15, 0.2) is 9.84 Å². The zero-order chi connectivity index (χ0) is 16.1. The van der Waals surface area contributed by atoms with Crippen LogP contribution in [0, 0.1) is 13.8 Å². The van der Waals surface area contributed by atoms with Crippen LogP contribution in [0.25, 0.3) is 10.9 Å². The third-order valence-electron chi connectivity index (χ3n) is 4.40. The minimum absolute atomic E-state index is 0.0631. The predicted molar refractivity (Wildman–Crippen MR) is 86.9 cm³/mol. The zero-order valence-corrected chi connectivity index (χ0v) is 13.8. The Labute approximate surface area is 130 Å². The Morgan fingerprint density at radius 1 is 1.27 bits per heavy atom. The summed E-state index contributed by atoms with van der Waals surface area (Å²) in [5.41, 5.74) is 3.71. The lowest BCUT2D eigenvalue weighted by molar-refractivity contribution is 0.0743. The Morgan fingerprint density at radius 2 is 2.00 bits per heavy atom. The van der Waals surface area contributed by atoms with E-state index in [1.165, 1.54) is 0 Å². The molecular formula is C16H20N2O3S. The largest absolute Gasteiger partial charge is 0.351 e. The standard InChI is InChI=1S/C16H20N2O3S/c1-10-6-11(2)13-8-15(17-14(13)7-10)16(19)18(3)12-4-5-22(20,21)9-12/h6-8,12,17H,4-5,9H2,1-3H3. The van der Waals surface area contributed by atoms with Gasteiger partial charge < -0.3 is 9.88 Å². The summed E-state index contributed by atoms with van der Waals surface area (Å²) in [7, 11) is -1.32. The number of aryl methyl sites for hydroxylation is 2. The van der Waals surface area contributed by atoms with Crippen molar-refractivity contribution in [3.8, 4) is 0 Å². The molecule has 22 heavy (non-hydrogen) atoms. The summed E-state index contributed by atoms with van der Waals surface area (Å²) < 4.78 is 23.2. The van der Waals surface area contributed by atoms with Crippen LogP contribution in [-0.2, 0) is 9.84 Å². The smallest absolute Gasteiger partial charge is 0.270 e. The first-order valence-corrected chi connectivity index (χ1v) is 9.16. The second-order valence-electron chi connectivity index (χ2n) is 6.20. The molecule has 2 heterocycles. The zero-order valence-electron chi connectivity index (χ0n) is 13.0. The van der Waals surface area contributed by atoms with Crippen LogP contribution in [0.1, 0.15) is 28.0 Å². The number of rotatable bonds is 2. The van der Waals surface area contributed by atoms with Gasteiger partial charge in [-0.25, -0.2) is 8.42 Å². The van der Waals surface area contributed by atoms with Crippen LogP contribution in [0.2, 0.25) is 0 Å². The van der Waals surface area contributed by atoms with Gasteiger partial charge in [-0.3, -0.25) is 4.79 Å². The topological polar surface area (TPSA) is 70.2 Å². The number of hydrogen-bond acceptors (Lipinski definition) is 3. The lowest BCUT2D eigenvalue weighted by Crippen LogP contribution is -2.37. The van der Waals surface area contributed by atoms with E-state index >= 15 is 0 Å². The summed E-state index contributed by atoms with van der Waals surface area (Å²) in [4.78, 5) is 17.3. The van der Waals surface area contributed by atoms with Crippen molar-refractivity contribution in [2.75, 3.05) is 18.6 Å². The Morgan fingerprint density at radius 3 is 2.64 bits per heavy atom. The van der Waals surface area contributed by atoms with Crippen molar-refractivity contribution in [1.29, 1.82) is 0 Å². The molecule has 1 unspecified atom stereocenters. The number of carbonyl (C=O) groups is 1. The number of fused-ring (bicyclic) bond motifs is 1. The number of carbonyl (C=O) groups excluding carboxylic acids is 1. The molecule has 1 saturated heterocycles. The van der Waals surface area contributed by atoms with Gasteiger partial charge in [-0.05, 0) is 43.5 Å². The molecule has 0 radical (unpaired) electrons. The summed E-state index contributed by atoms with van der Waals surface area (Å²) in [6, 6.07) is 5.72.